The van der Waals surface area contributed by atoms with Crippen LogP contribution in [0.2, 0.25) is 5.02 Å². The summed E-state index contributed by atoms with van der Waals surface area (Å²) in [5, 5.41) is 7.52. The summed E-state index contributed by atoms with van der Waals surface area (Å²) in [7, 11) is 0. The summed E-state index contributed by atoms with van der Waals surface area (Å²) >= 11 is 7.69. The predicted molar refractivity (Wildman–Crippen MR) is 105 cm³/mol. The van der Waals surface area contributed by atoms with Gasteiger partial charge in [-0.3, -0.25) is 9.98 Å². The Balaban J connectivity index is 2.15. The first-order valence-electron chi connectivity index (χ1n) is 7.73. The van der Waals surface area contributed by atoms with Crippen LogP contribution in [0.25, 0.3) is 11.3 Å². The number of aromatic nitrogens is 2. The van der Waals surface area contributed by atoms with Crippen LogP contribution in [-0.2, 0) is 0 Å². The van der Waals surface area contributed by atoms with Crippen molar-refractivity contribution in [2.24, 2.45) is 10.1 Å². The molecule has 0 radical (unpaired) electrons. The summed E-state index contributed by atoms with van der Waals surface area (Å²) in [5.41, 5.74) is 3.84. The van der Waals surface area contributed by atoms with E-state index in [0.717, 1.165) is 27.3 Å². The second kappa shape index (κ2) is 8.05. The molecule has 0 N–H and O–H groups in total. The number of rotatable bonds is 5. The summed E-state index contributed by atoms with van der Waals surface area (Å²) < 4.78 is 1.86. The van der Waals surface area contributed by atoms with Crippen molar-refractivity contribution in [1.29, 1.82) is 0 Å². The van der Waals surface area contributed by atoms with Crippen molar-refractivity contribution >= 4 is 28.6 Å². The van der Waals surface area contributed by atoms with Gasteiger partial charge in [0.25, 0.3) is 0 Å². The maximum Gasteiger partial charge on any atom is 0.206 e. The number of pyridine rings is 1. The lowest BCUT2D eigenvalue weighted by atomic mass is 10.2. The SMILES string of the molecule is C=CCN=c1scc(-c2cccc(Cl)c2)n1/N=C(\C)c1ccncc1. The van der Waals surface area contributed by atoms with E-state index in [0.29, 0.717) is 11.6 Å². The molecule has 0 unspecified atom stereocenters. The highest BCUT2D eigenvalue weighted by Crippen LogP contribution is 2.23. The van der Waals surface area contributed by atoms with Crippen LogP contribution in [0.5, 0.6) is 0 Å². The second-order valence-corrected chi connectivity index (χ2v) is 6.55. The van der Waals surface area contributed by atoms with Crippen LogP contribution in [-0.4, -0.2) is 21.9 Å². The minimum absolute atomic E-state index is 0.541. The van der Waals surface area contributed by atoms with Crippen LogP contribution in [0.3, 0.4) is 0 Å². The van der Waals surface area contributed by atoms with Crippen LogP contribution >= 0.6 is 22.9 Å². The van der Waals surface area contributed by atoms with Gasteiger partial charge in [-0.2, -0.15) is 5.10 Å². The highest BCUT2D eigenvalue weighted by Gasteiger charge is 2.09. The normalized spacial score (nSPS) is 12.4. The van der Waals surface area contributed by atoms with E-state index in [1.807, 2.05) is 53.4 Å². The predicted octanol–water partition coefficient (Wildman–Crippen LogP) is 4.62. The summed E-state index contributed by atoms with van der Waals surface area (Å²) in [6.45, 7) is 6.24. The molecule has 0 fully saturated rings. The van der Waals surface area contributed by atoms with Gasteiger partial charge < -0.3 is 0 Å². The van der Waals surface area contributed by atoms with Gasteiger partial charge in [-0.15, -0.1) is 17.9 Å². The van der Waals surface area contributed by atoms with E-state index in [4.69, 9.17) is 16.7 Å². The zero-order valence-electron chi connectivity index (χ0n) is 13.8. The van der Waals surface area contributed by atoms with Crippen LogP contribution in [0.15, 0.2) is 76.9 Å². The Labute approximate surface area is 155 Å². The van der Waals surface area contributed by atoms with E-state index in [2.05, 4.69) is 16.6 Å². The van der Waals surface area contributed by atoms with Gasteiger partial charge in [-0.1, -0.05) is 29.8 Å². The third-order valence-electron chi connectivity index (χ3n) is 3.51. The molecule has 0 saturated carbocycles. The molecule has 3 rings (SSSR count). The van der Waals surface area contributed by atoms with Crippen LogP contribution in [0.4, 0.5) is 0 Å². The Kier molecular flexibility index (Phi) is 5.58. The Bertz CT molecular complexity index is 970. The minimum atomic E-state index is 0.541. The molecular formula is C19H17ClN4S. The van der Waals surface area contributed by atoms with Gasteiger partial charge >= 0.3 is 0 Å². The molecule has 2 heterocycles. The Morgan fingerprint density at radius 3 is 2.84 bits per heavy atom. The highest BCUT2D eigenvalue weighted by molar-refractivity contribution is 7.07. The smallest absolute Gasteiger partial charge is 0.206 e. The third-order valence-corrected chi connectivity index (χ3v) is 4.60. The van der Waals surface area contributed by atoms with Crippen molar-refractivity contribution in [2.75, 3.05) is 6.54 Å². The molecule has 0 bridgehead atoms. The lowest BCUT2D eigenvalue weighted by Gasteiger charge is -2.06. The van der Waals surface area contributed by atoms with Crippen LogP contribution in [0.1, 0.15) is 12.5 Å². The molecule has 1 aromatic carbocycles. The molecule has 6 heteroatoms. The van der Waals surface area contributed by atoms with Crippen molar-refractivity contribution in [3.63, 3.8) is 0 Å². The average molecular weight is 369 g/mol. The number of hydrogen-bond donors (Lipinski definition) is 0. The maximum atomic E-state index is 6.15. The number of thiazole rings is 1. The van der Waals surface area contributed by atoms with Gasteiger partial charge in [0.05, 0.1) is 18.0 Å². The largest absolute Gasteiger partial charge is 0.265 e. The van der Waals surface area contributed by atoms with Crippen LogP contribution in [0, 0.1) is 0 Å². The first-order chi connectivity index (χ1) is 12.2. The Morgan fingerprint density at radius 1 is 1.32 bits per heavy atom. The molecule has 0 aliphatic heterocycles. The molecule has 3 aromatic rings. The molecule has 25 heavy (non-hydrogen) atoms. The first kappa shape index (κ1) is 17.3. The zero-order valence-corrected chi connectivity index (χ0v) is 15.3. The molecular weight excluding hydrogens is 352 g/mol. The van der Waals surface area contributed by atoms with Crippen molar-refractivity contribution in [1.82, 2.24) is 9.66 Å². The van der Waals surface area contributed by atoms with E-state index >= 15 is 0 Å². The van der Waals surface area contributed by atoms with Crippen LogP contribution < -0.4 is 4.80 Å². The second-order valence-electron chi connectivity index (χ2n) is 5.28. The van der Waals surface area contributed by atoms with E-state index in [1.54, 1.807) is 18.5 Å². The number of halogens is 1. The topological polar surface area (TPSA) is 42.5 Å². The molecule has 2 aromatic heterocycles. The maximum absolute atomic E-state index is 6.15. The molecule has 0 aliphatic rings. The summed E-state index contributed by atoms with van der Waals surface area (Å²) in [5.74, 6) is 0. The molecule has 126 valence electrons. The molecule has 0 amide bonds. The molecule has 0 saturated heterocycles. The standard InChI is InChI=1S/C19H17ClN4S/c1-3-9-22-19-24(23-14(2)15-7-10-21-11-8-15)18(13-25-19)16-5-4-6-17(20)12-16/h3-8,10-13H,1,9H2,2H3/b22-19?,23-14+. The monoisotopic (exact) mass is 368 g/mol. The highest BCUT2D eigenvalue weighted by atomic mass is 35.5. The van der Waals surface area contributed by atoms with Gasteiger partial charge in [0.2, 0.25) is 4.80 Å². The fourth-order valence-electron chi connectivity index (χ4n) is 2.29. The quantitative estimate of drug-likeness (QED) is 0.478. The van der Waals surface area contributed by atoms with Gasteiger partial charge in [0, 0.05) is 33.9 Å². The summed E-state index contributed by atoms with van der Waals surface area (Å²) in [6, 6.07) is 11.6. The first-order valence-corrected chi connectivity index (χ1v) is 8.98. The Morgan fingerprint density at radius 2 is 2.12 bits per heavy atom. The lowest BCUT2D eigenvalue weighted by Crippen LogP contribution is -2.14. The molecule has 0 aliphatic carbocycles. The Hall–Kier alpha value is -2.50. The van der Waals surface area contributed by atoms with E-state index in [-0.39, 0.29) is 0 Å². The molecule has 0 atom stereocenters. The van der Waals surface area contributed by atoms with E-state index in [1.165, 1.54) is 11.3 Å². The summed E-state index contributed by atoms with van der Waals surface area (Å²) in [6.07, 6.45) is 5.28. The van der Waals surface area contributed by atoms with Crippen molar-refractivity contribution < 1.29 is 0 Å². The van der Waals surface area contributed by atoms with E-state index < -0.39 is 0 Å². The van der Waals surface area contributed by atoms with Gasteiger partial charge in [0.1, 0.15) is 0 Å². The van der Waals surface area contributed by atoms with Crippen molar-refractivity contribution in [3.8, 4) is 11.3 Å². The fourth-order valence-corrected chi connectivity index (χ4v) is 3.33. The molecule has 0 spiro atoms. The minimum Gasteiger partial charge on any atom is -0.265 e. The lowest BCUT2D eigenvalue weighted by molar-refractivity contribution is 0.834. The number of hydrogen-bond acceptors (Lipinski definition) is 4. The third kappa shape index (κ3) is 4.13. The van der Waals surface area contributed by atoms with Gasteiger partial charge in [-0.05, 0) is 31.2 Å². The summed E-state index contributed by atoms with van der Waals surface area (Å²) in [4.78, 5) is 9.41. The number of benzene rings is 1. The number of nitrogens with zero attached hydrogens (tertiary/aromatic N) is 4. The fraction of sp³-hybridized carbons (Fsp3) is 0.105. The van der Waals surface area contributed by atoms with E-state index in [9.17, 15) is 0 Å². The van der Waals surface area contributed by atoms with Crippen molar-refractivity contribution in [3.05, 3.63) is 82.2 Å². The van der Waals surface area contributed by atoms with Crippen molar-refractivity contribution in [2.45, 2.75) is 6.92 Å². The average Bonchev–Trinajstić information content (AvgIpc) is 3.03. The molecule has 4 nitrogen and oxygen atoms in total. The van der Waals surface area contributed by atoms with Gasteiger partial charge in [-0.25, -0.2) is 4.68 Å². The van der Waals surface area contributed by atoms with Gasteiger partial charge in [0.15, 0.2) is 0 Å². The zero-order chi connectivity index (χ0) is 17.6.